The molecule has 6 heteroatoms. The molecule has 1 aliphatic rings. The lowest BCUT2D eigenvalue weighted by molar-refractivity contribution is 0.102. The second-order valence-electron chi connectivity index (χ2n) is 6.27. The van der Waals surface area contributed by atoms with Gasteiger partial charge in [-0.25, -0.2) is 4.98 Å². The van der Waals surface area contributed by atoms with Crippen LogP contribution in [-0.2, 0) is 0 Å². The number of benzene rings is 1. The van der Waals surface area contributed by atoms with Crippen molar-refractivity contribution in [3.63, 3.8) is 0 Å². The van der Waals surface area contributed by atoms with Crippen molar-refractivity contribution in [1.82, 2.24) is 9.88 Å². The summed E-state index contributed by atoms with van der Waals surface area (Å²) >= 11 is 0. The van der Waals surface area contributed by atoms with Gasteiger partial charge in [0.2, 0.25) is 0 Å². The number of carbonyl (C=O) groups excluding carboxylic acids is 1. The fourth-order valence-corrected chi connectivity index (χ4v) is 2.74. The minimum absolute atomic E-state index is 0.172. The number of amides is 1. The second kappa shape index (κ2) is 8.49. The molecule has 3 rings (SSSR count). The first-order valence-corrected chi connectivity index (χ1v) is 8.70. The van der Waals surface area contributed by atoms with Gasteiger partial charge in [-0.3, -0.25) is 4.79 Å². The van der Waals surface area contributed by atoms with E-state index in [1.807, 2.05) is 12.1 Å². The summed E-state index contributed by atoms with van der Waals surface area (Å²) < 4.78 is 5.42. The quantitative estimate of drug-likeness (QED) is 0.810. The lowest BCUT2D eigenvalue weighted by atomic mass is 10.2. The molecule has 0 saturated carbocycles. The Kier molecular flexibility index (Phi) is 5.86. The normalized spacial score (nSPS) is 14.7. The molecule has 0 bridgehead atoms. The van der Waals surface area contributed by atoms with Gasteiger partial charge in [0.25, 0.3) is 5.91 Å². The van der Waals surface area contributed by atoms with Gasteiger partial charge in [-0.05, 0) is 43.4 Å². The van der Waals surface area contributed by atoms with Crippen LogP contribution in [0, 0.1) is 0 Å². The summed E-state index contributed by atoms with van der Waals surface area (Å²) in [5.41, 5.74) is 1.25. The molecule has 1 aromatic heterocycles. The van der Waals surface area contributed by atoms with Crippen LogP contribution in [-0.4, -0.2) is 55.6 Å². The highest BCUT2D eigenvalue weighted by Crippen LogP contribution is 2.17. The number of anilines is 2. The number of piperazine rings is 1. The Morgan fingerprint density at radius 1 is 1.19 bits per heavy atom. The van der Waals surface area contributed by atoms with Crippen LogP contribution in [0.5, 0.6) is 5.75 Å². The number of likely N-dealkylation sites (N-methyl/N-ethyl adjacent to an activating group) is 1. The van der Waals surface area contributed by atoms with E-state index in [0.717, 1.165) is 32.0 Å². The third-order valence-electron chi connectivity index (χ3n) is 4.32. The van der Waals surface area contributed by atoms with Crippen LogP contribution >= 0.6 is 0 Å². The van der Waals surface area contributed by atoms with Crippen molar-refractivity contribution in [3.05, 3.63) is 60.8 Å². The topological polar surface area (TPSA) is 57.7 Å². The summed E-state index contributed by atoms with van der Waals surface area (Å²) in [6.07, 6.45) is 3.38. The third kappa shape index (κ3) is 4.61. The minimum atomic E-state index is -0.172. The average molecular weight is 352 g/mol. The Morgan fingerprint density at radius 2 is 1.92 bits per heavy atom. The molecule has 2 aromatic rings. The van der Waals surface area contributed by atoms with E-state index in [2.05, 4.69) is 33.7 Å². The van der Waals surface area contributed by atoms with Crippen LogP contribution in [0.15, 0.2) is 55.3 Å². The van der Waals surface area contributed by atoms with E-state index in [4.69, 9.17) is 4.74 Å². The van der Waals surface area contributed by atoms with Gasteiger partial charge < -0.3 is 19.9 Å². The van der Waals surface area contributed by atoms with Crippen LogP contribution in [0.25, 0.3) is 0 Å². The molecule has 1 fully saturated rings. The number of hydrogen-bond acceptors (Lipinski definition) is 5. The average Bonchev–Trinajstić information content (AvgIpc) is 2.68. The monoisotopic (exact) mass is 352 g/mol. The van der Waals surface area contributed by atoms with Gasteiger partial charge in [-0.1, -0.05) is 12.7 Å². The molecule has 6 nitrogen and oxygen atoms in total. The van der Waals surface area contributed by atoms with Crippen molar-refractivity contribution in [2.24, 2.45) is 0 Å². The number of carbonyl (C=O) groups is 1. The van der Waals surface area contributed by atoms with Gasteiger partial charge >= 0.3 is 0 Å². The Balaban J connectivity index is 1.58. The molecule has 26 heavy (non-hydrogen) atoms. The summed E-state index contributed by atoms with van der Waals surface area (Å²) in [6.45, 7) is 8.05. The number of aromatic nitrogens is 1. The maximum Gasteiger partial charge on any atom is 0.255 e. The van der Waals surface area contributed by atoms with Crippen LogP contribution in [0.1, 0.15) is 10.4 Å². The predicted octanol–water partition coefficient (Wildman–Crippen LogP) is 2.65. The Bertz CT molecular complexity index is 735. The van der Waals surface area contributed by atoms with E-state index in [1.165, 1.54) is 0 Å². The molecule has 136 valence electrons. The van der Waals surface area contributed by atoms with Gasteiger partial charge in [0.15, 0.2) is 0 Å². The molecule has 0 unspecified atom stereocenters. The number of nitrogens with one attached hydrogen (secondary N) is 1. The number of pyridine rings is 1. The van der Waals surface area contributed by atoms with Crippen molar-refractivity contribution < 1.29 is 9.53 Å². The third-order valence-corrected chi connectivity index (χ3v) is 4.32. The number of rotatable bonds is 6. The molecule has 1 aliphatic heterocycles. The Morgan fingerprint density at radius 3 is 2.54 bits per heavy atom. The van der Waals surface area contributed by atoms with Gasteiger partial charge in [-0.15, -0.1) is 0 Å². The van der Waals surface area contributed by atoms with Crippen LogP contribution in [0.4, 0.5) is 11.5 Å². The van der Waals surface area contributed by atoms with E-state index in [9.17, 15) is 4.79 Å². The smallest absolute Gasteiger partial charge is 0.255 e. The molecule has 0 radical (unpaired) electrons. The van der Waals surface area contributed by atoms with Crippen LogP contribution in [0.3, 0.4) is 0 Å². The second-order valence-corrected chi connectivity index (χ2v) is 6.27. The zero-order valence-electron chi connectivity index (χ0n) is 15.0. The highest BCUT2D eigenvalue weighted by Gasteiger charge is 2.15. The molecule has 2 heterocycles. The molecule has 1 saturated heterocycles. The molecule has 0 atom stereocenters. The van der Waals surface area contributed by atoms with E-state index in [0.29, 0.717) is 23.6 Å². The molecule has 0 aliphatic carbocycles. The summed E-state index contributed by atoms with van der Waals surface area (Å²) in [4.78, 5) is 21.4. The van der Waals surface area contributed by atoms with Gasteiger partial charge in [-0.2, -0.15) is 0 Å². The van der Waals surface area contributed by atoms with E-state index < -0.39 is 0 Å². The van der Waals surface area contributed by atoms with Crippen molar-refractivity contribution >= 4 is 17.4 Å². The predicted molar refractivity (Wildman–Crippen MR) is 104 cm³/mol. The molecule has 1 aromatic carbocycles. The summed E-state index contributed by atoms with van der Waals surface area (Å²) in [6, 6.07) is 10.9. The summed E-state index contributed by atoms with van der Waals surface area (Å²) in [7, 11) is 2.13. The zero-order chi connectivity index (χ0) is 18.4. The molecule has 1 amide bonds. The first kappa shape index (κ1) is 17.9. The van der Waals surface area contributed by atoms with Crippen molar-refractivity contribution in [2.75, 3.05) is 50.1 Å². The highest BCUT2D eigenvalue weighted by molar-refractivity contribution is 6.04. The first-order valence-electron chi connectivity index (χ1n) is 8.70. The lowest BCUT2D eigenvalue weighted by Gasteiger charge is -2.33. The minimum Gasteiger partial charge on any atom is -0.490 e. The Hall–Kier alpha value is -2.86. The van der Waals surface area contributed by atoms with Gasteiger partial charge in [0.1, 0.15) is 18.2 Å². The number of ether oxygens (including phenoxy) is 1. The number of hydrogen-bond donors (Lipinski definition) is 1. The molecular weight excluding hydrogens is 328 g/mol. The molecular formula is C20H24N4O2. The summed E-state index contributed by atoms with van der Waals surface area (Å²) in [5.74, 6) is 1.48. The SMILES string of the molecule is C=CCOc1ccc(C(=O)Nc2ccc(N3CCN(C)CC3)nc2)cc1. The Labute approximate surface area is 154 Å². The van der Waals surface area contributed by atoms with Crippen molar-refractivity contribution in [2.45, 2.75) is 0 Å². The molecule has 1 N–H and O–H groups in total. The van der Waals surface area contributed by atoms with Crippen LogP contribution in [0.2, 0.25) is 0 Å². The fraction of sp³-hybridized carbons (Fsp3) is 0.300. The van der Waals surface area contributed by atoms with E-state index >= 15 is 0 Å². The molecule has 0 spiro atoms. The largest absolute Gasteiger partial charge is 0.490 e. The standard InChI is InChI=1S/C20H24N4O2/c1-3-14-26-18-7-4-16(5-8-18)20(25)22-17-6-9-19(21-15-17)24-12-10-23(2)11-13-24/h3-9,15H,1,10-14H2,2H3,(H,22,25). The van der Waals surface area contributed by atoms with E-state index in [1.54, 1.807) is 36.5 Å². The fourth-order valence-electron chi connectivity index (χ4n) is 2.74. The van der Waals surface area contributed by atoms with E-state index in [-0.39, 0.29) is 5.91 Å². The van der Waals surface area contributed by atoms with Gasteiger partial charge in [0, 0.05) is 31.7 Å². The zero-order valence-corrected chi connectivity index (χ0v) is 15.0. The van der Waals surface area contributed by atoms with Gasteiger partial charge in [0.05, 0.1) is 11.9 Å². The number of nitrogens with zero attached hydrogens (tertiary/aromatic N) is 3. The summed E-state index contributed by atoms with van der Waals surface area (Å²) in [5, 5.41) is 2.87. The first-order chi connectivity index (χ1) is 12.7. The van der Waals surface area contributed by atoms with Crippen molar-refractivity contribution in [3.8, 4) is 5.75 Å². The van der Waals surface area contributed by atoms with Crippen molar-refractivity contribution in [1.29, 1.82) is 0 Å². The highest BCUT2D eigenvalue weighted by atomic mass is 16.5. The lowest BCUT2D eigenvalue weighted by Crippen LogP contribution is -2.44. The maximum atomic E-state index is 12.4. The van der Waals surface area contributed by atoms with Crippen LogP contribution < -0.4 is 15.0 Å². The maximum absolute atomic E-state index is 12.4.